The van der Waals surface area contributed by atoms with Crippen LogP contribution in [0.25, 0.3) is 0 Å². The van der Waals surface area contributed by atoms with Gasteiger partial charge in [0.25, 0.3) is 0 Å². The predicted octanol–water partition coefficient (Wildman–Crippen LogP) is 2.74. The molecule has 4 heteroatoms. The molecule has 94 valence electrons. The highest BCUT2D eigenvalue weighted by atomic mass is 32.1. The zero-order valence-corrected chi connectivity index (χ0v) is 11.3. The van der Waals surface area contributed by atoms with Crippen molar-refractivity contribution in [1.29, 1.82) is 0 Å². The van der Waals surface area contributed by atoms with Gasteiger partial charge in [0, 0.05) is 24.2 Å². The number of rotatable bonds is 2. The van der Waals surface area contributed by atoms with Gasteiger partial charge in [0.2, 0.25) is 0 Å². The van der Waals surface area contributed by atoms with E-state index < -0.39 is 0 Å². The Kier molecular flexibility index (Phi) is 2.87. The topological polar surface area (TPSA) is 42.2 Å². The molecule has 2 heterocycles. The van der Waals surface area contributed by atoms with Crippen molar-refractivity contribution in [2.45, 2.75) is 39.2 Å². The lowest BCUT2D eigenvalue weighted by Crippen LogP contribution is -2.51. The van der Waals surface area contributed by atoms with Crippen LogP contribution in [-0.2, 0) is 6.54 Å². The van der Waals surface area contributed by atoms with Gasteiger partial charge in [-0.3, -0.25) is 4.90 Å². The number of hydrogen-bond acceptors (Lipinski definition) is 4. The summed E-state index contributed by atoms with van der Waals surface area (Å²) >= 11 is 1.63. The summed E-state index contributed by atoms with van der Waals surface area (Å²) in [5.74, 6) is 0.916. The quantitative estimate of drug-likeness (QED) is 0.879. The Labute approximate surface area is 107 Å². The van der Waals surface area contributed by atoms with Gasteiger partial charge < -0.3 is 5.73 Å². The molecule has 3 nitrogen and oxygen atoms in total. The lowest BCUT2D eigenvalue weighted by molar-refractivity contribution is -0.0309. The number of aromatic nitrogens is 1. The van der Waals surface area contributed by atoms with Gasteiger partial charge in [-0.2, -0.15) is 0 Å². The van der Waals surface area contributed by atoms with E-state index in [-0.39, 0.29) is 0 Å². The molecule has 1 aromatic rings. The van der Waals surface area contributed by atoms with E-state index in [2.05, 4.69) is 16.8 Å². The van der Waals surface area contributed by atoms with Crippen molar-refractivity contribution < 1.29 is 0 Å². The average molecular weight is 251 g/mol. The summed E-state index contributed by atoms with van der Waals surface area (Å²) in [4.78, 5) is 8.05. The molecule has 0 radical (unpaired) electrons. The number of piperidine rings is 1. The third kappa shape index (κ3) is 2.08. The molecule has 0 amide bonds. The molecule has 1 saturated carbocycles. The second-order valence-corrected chi connectivity index (χ2v) is 6.93. The molecule has 2 fully saturated rings. The van der Waals surface area contributed by atoms with Gasteiger partial charge in [-0.25, -0.2) is 4.98 Å². The van der Waals surface area contributed by atoms with Crippen LogP contribution in [-0.4, -0.2) is 23.0 Å². The van der Waals surface area contributed by atoms with E-state index in [1.54, 1.807) is 11.3 Å². The zero-order chi connectivity index (χ0) is 11.9. The molecule has 0 aromatic carbocycles. The lowest BCUT2D eigenvalue weighted by Gasteiger charge is -2.53. The van der Waals surface area contributed by atoms with Crippen LogP contribution in [0, 0.1) is 11.3 Å². The highest BCUT2D eigenvalue weighted by Gasteiger charge is 2.45. The number of nitrogens with two attached hydrogens (primary N) is 1. The first kappa shape index (κ1) is 11.5. The molecule has 1 aromatic heterocycles. The Bertz CT molecular complexity index is 397. The van der Waals surface area contributed by atoms with E-state index in [9.17, 15) is 0 Å². The van der Waals surface area contributed by atoms with Gasteiger partial charge >= 0.3 is 0 Å². The van der Waals surface area contributed by atoms with Gasteiger partial charge in [-0.05, 0) is 37.1 Å². The third-order valence-corrected chi connectivity index (χ3v) is 5.57. The molecule has 2 N–H and O–H groups in total. The van der Waals surface area contributed by atoms with Gasteiger partial charge in [-0.1, -0.05) is 13.3 Å². The lowest BCUT2D eigenvalue weighted by atomic mass is 9.59. The van der Waals surface area contributed by atoms with Crippen molar-refractivity contribution >= 4 is 16.5 Å². The van der Waals surface area contributed by atoms with Crippen LogP contribution in [0.4, 0.5) is 5.13 Å². The molecular weight excluding hydrogens is 230 g/mol. The second-order valence-electron chi connectivity index (χ2n) is 5.78. The van der Waals surface area contributed by atoms with Crippen molar-refractivity contribution in [3.8, 4) is 0 Å². The smallest absolute Gasteiger partial charge is 0.180 e. The van der Waals surface area contributed by atoms with Crippen LogP contribution in [0.15, 0.2) is 6.20 Å². The minimum absolute atomic E-state index is 0.647. The molecule has 1 saturated heterocycles. The number of thiazole rings is 1. The van der Waals surface area contributed by atoms with E-state index in [0.717, 1.165) is 12.5 Å². The van der Waals surface area contributed by atoms with Crippen LogP contribution in [0.1, 0.15) is 37.5 Å². The van der Waals surface area contributed by atoms with Crippen LogP contribution in [0.3, 0.4) is 0 Å². The molecule has 3 rings (SSSR count). The maximum absolute atomic E-state index is 5.69. The van der Waals surface area contributed by atoms with E-state index in [1.807, 2.05) is 6.20 Å². The molecule has 1 aliphatic carbocycles. The van der Waals surface area contributed by atoms with Crippen LogP contribution in [0.2, 0.25) is 0 Å². The summed E-state index contributed by atoms with van der Waals surface area (Å²) in [6.07, 6.45) is 7.61. The molecule has 1 spiro atoms. The van der Waals surface area contributed by atoms with Gasteiger partial charge in [0.05, 0.1) is 0 Å². The molecule has 0 bridgehead atoms. The van der Waals surface area contributed by atoms with Crippen molar-refractivity contribution in [3.05, 3.63) is 11.1 Å². The molecule has 1 unspecified atom stereocenters. The molecule has 1 aliphatic heterocycles. The second kappa shape index (κ2) is 4.25. The number of anilines is 1. The Balaban J connectivity index is 1.65. The Hall–Kier alpha value is -0.610. The molecule has 2 aliphatic rings. The molecule has 1 atom stereocenters. The van der Waals surface area contributed by atoms with Crippen molar-refractivity contribution in [1.82, 2.24) is 9.88 Å². The highest BCUT2D eigenvalue weighted by Crippen LogP contribution is 2.51. The number of nitrogen functional groups attached to an aromatic ring is 1. The zero-order valence-electron chi connectivity index (χ0n) is 10.5. The Morgan fingerprint density at radius 2 is 2.41 bits per heavy atom. The Morgan fingerprint density at radius 3 is 3.00 bits per heavy atom. The normalized spacial score (nSPS) is 28.2. The maximum atomic E-state index is 5.69. The minimum Gasteiger partial charge on any atom is -0.375 e. The summed E-state index contributed by atoms with van der Waals surface area (Å²) in [5, 5.41) is 0.698. The monoisotopic (exact) mass is 251 g/mol. The minimum atomic E-state index is 0.647. The number of hydrogen-bond donors (Lipinski definition) is 1. The van der Waals surface area contributed by atoms with Gasteiger partial charge in [-0.15, -0.1) is 11.3 Å². The molecule has 17 heavy (non-hydrogen) atoms. The van der Waals surface area contributed by atoms with E-state index >= 15 is 0 Å². The Morgan fingerprint density at radius 1 is 1.59 bits per heavy atom. The fourth-order valence-corrected chi connectivity index (χ4v) is 4.12. The van der Waals surface area contributed by atoms with E-state index in [0.29, 0.717) is 10.5 Å². The van der Waals surface area contributed by atoms with Crippen LogP contribution in [0.5, 0.6) is 0 Å². The van der Waals surface area contributed by atoms with Crippen LogP contribution < -0.4 is 5.73 Å². The fraction of sp³-hybridized carbons (Fsp3) is 0.769. The summed E-state index contributed by atoms with van der Waals surface area (Å²) in [5.41, 5.74) is 6.33. The fourth-order valence-electron chi connectivity index (χ4n) is 3.40. The van der Waals surface area contributed by atoms with E-state index in [1.165, 1.54) is 43.6 Å². The first-order chi connectivity index (χ1) is 8.18. The third-order valence-electron chi connectivity index (χ3n) is 4.76. The summed E-state index contributed by atoms with van der Waals surface area (Å²) < 4.78 is 0. The van der Waals surface area contributed by atoms with E-state index in [4.69, 9.17) is 5.73 Å². The number of nitrogens with zero attached hydrogens (tertiary/aromatic N) is 2. The van der Waals surface area contributed by atoms with Crippen LogP contribution >= 0.6 is 11.3 Å². The summed E-state index contributed by atoms with van der Waals surface area (Å²) in [7, 11) is 0. The number of likely N-dealkylation sites (tertiary alicyclic amines) is 1. The maximum Gasteiger partial charge on any atom is 0.180 e. The van der Waals surface area contributed by atoms with Gasteiger partial charge in [0.15, 0.2) is 5.13 Å². The standard InChI is InChI=1S/C13H21N3S/c1-10-3-6-16(9-13(10)4-2-5-13)8-11-7-15-12(14)17-11/h7,10H,2-6,8-9H2,1H3,(H2,14,15). The van der Waals surface area contributed by atoms with Gasteiger partial charge in [0.1, 0.15) is 0 Å². The average Bonchev–Trinajstić information content (AvgIpc) is 2.65. The predicted molar refractivity (Wildman–Crippen MR) is 71.9 cm³/mol. The first-order valence-corrected chi connectivity index (χ1v) is 7.42. The first-order valence-electron chi connectivity index (χ1n) is 6.60. The van der Waals surface area contributed by atoms with Crippen molar-refractivity contribution in [2.75, 3.05) is 18.8 Å². The summed E-state index contributed by atoms with van der Waals surface area (Å²) in [6.45, 7) is 6.01. The summed E-state index contributed by atoms with van der Waals surface area (Å²) in [6, 6.07) is 0. The van der Waals surface area contributed by atoms with Crippen molar-refractivity contribution in [2.24, 2.45) is 11.3 Å². The SMILES string of the molecule is CC1CCN(Cc2cnc(N)s2)CC12CCC2. The van der Waals surface area contributed by atoms with Crippen molar-refractivity contribution in [3.63, 3.8) is 0 Å². The highest BCUT2D eigenvalue weighted by molar-refractivity contribution is 7.15. The largest absolute Gasteiger partial charge is 0.375 e. The molecular formula is C13H21N3S.